The second-order valence-electron chi connectivity index (χ2n) is 6.90. The zero-order chi connectivity index (χ0) is 17.7. The Morgan fingerprint density at radius 2 is 2.17 bits per heavy atom. The lowest BCUT2D eigenvalue weighted by atomic mass is 9.93. The van der Waals surface area contributed by atoms with Crippen LogP contribution in [0.3, 0.4) is 0 Å². The largest absolute Gasteiger partial charge is 0.496 e. The summed E-state index contributed by atoms with van der Waals surface area (Å²) in [6.45, 7) is 5.20. The van der Waals surface area contributed by atoms with E-state index in [1.54, 1.807) is 13.2 Å². The van der Waals surface area contributed by atoms with E-state index in [0.717, 1.165) is 17.7 Å². The third-order valence-electron chi connectivity index (χ3n) is 4.48. The highest BCUT2D eigenvalue weighted by molar-refractivity contribution is 6.30. The molecule has 5 nitrogen and oxygen atoms in total. The first kappa shape index (κ1) is 19.5. The molecule has 3 atom stereocenters. The van der Waals surface area contributed by atoms with E-state index in [2.05, 4.69) is 19.2 Å². The number of methoxy groups -OCH3 is 1. The molecule has 0 aromatic heterocycles. The lowest BCUT2D eigenvalue weighted by Crippen LogP contribution is -2.48. The third-order valence-corrected chi connectivity index (χ3v) is 4.72. The van der Waals surface area contributed by atoms with Crippen LogP contribution in [-0.2, 0) is 4.74 Å². The fourth-order valence-electron chi connectivity index (χ4n) is 3.05. The topological polar surface area (TPSA) is 71.0 Å². The Balaban J connectivity index is 2.12. The zero-order valence-corrected chi connectivity index (χ0v) is 15.3. The molecule has 3 unspecified atom stereocenters. The van der Waals surface area contributed by atoms with Gasteiger partial charge in [0.2, 0.25) is 0 Å². The molecule has 24 heavy (non-hydrogen) atoms. The normalized spacial score (nSPS) is 23.5. The molecule has 1 aliphatic rings. The molecule has 136 valence electrons. The summed E-state index contributed by atoms with van der Waals surface area (Å²) in [4.78, 5) is 0. The molecule has 1 saturated heterocycles. The minimum Gasteiger partial charge on any atom is -0.496 e. The number of aliphatic hydroxyl groups is 2. The summed E-state index contributed by atoms with van der Waals surface area (Å²) in [5.74, 6) is 1.20. The van der Waals surface area contributed by atoms with Crippen LogP contribution in [0.4, 0.5) is 0 Å². The van der Waals surface area contributed by atoms with Gasteiger partial charge in [0.15, 0.2) is 0 Å². The zero-order valence-electron chi connectivity index (χ0n) is 14.6. The number of ether oxygens (including phenoxy) is 2. The minimum atomic E-state index is -1.17. The summed E-state index contributed by atoms with van der Waals surface area (Å²) in [6, 6.07) is 5.50. The first-order valence-corrected chi connectivity index (χ1v) is 8.78. The predicted octanol–water partition coefficient (Wildman–Crippen LogP) is 2.54. The van der Waals surface area contributed by atoms with Gasteiger partial charge in [0, 0.05) is 36.2 Å². The Kier molecular flexibility index (Phi) is 6.89. The van der Waals surface area contributed by atoms with Crippen LogP contribution in [0.1, 0.15) is 38.3 Å². The van der Waals surface area contributed by atoms with Crippen LogP contribution < -0.4 is 10.1 Å². The van der Waals surface area contributed by atoms with E-state index in [9.17, 15) is 10.2 Å². The highest BCUT2D eigenvalue weighted by atomic mass is 35.5. The molecular weight excluding hydrogens is 330 g/mol. The Labute approximate surface area is 148 Å². The van der Waals surface area contributed by atoms with Gasteiger partial charge in [-0.1, -0.05) is 25.4 Å². The summed E-state index contributed by atoms with van der Waals surface area (Å²) in [5, 5.41) is 24.8. The number of benzene rings is 1. The fourth-order valence-corrected chi connectivity index (χ4v) is 3.23. The number of aliphatic hydroxyl groups excluding tert-OH is 1. The number of hydrogen-bond acceptors (Lipinski definition) is 5. The number of rotatable bonds is 8. The highest BCUT2D eigenvalue weighted by Gasteiger charge is 2.39. The number of nitrogens with one attached hydrogen (secondary N) is 1. The van der Waals surface area contributed by atoms with Crippen LogP contribution in [0.15, 0.2) is 18.2 Å². The van der Waals surface area contributed by atoms with Crippen molar-refractivity contribution in [2.75, 3.05) is 26.9 Å². The van der Waals surface area contributed by atoms with Crippen LogP contribution in [0.25, 0.3) is 0 Å². The molecule has 0 radical (unpaired) electrons. The van der Waals surface area contributed by atoms with Crippen molar-refractivity contribution in [3.8, 4) is 5.75 Å². The van der Waals surface area contributed by atoms with Crippen molar-refractivity contribution < 1.29 is 19.7 Å². The number of halogens is 1. The van der Waals surface area contributed by atoms with Crippen molar-refractivity contribution in [2.24, 2.45) is 5.92 Å². The lowest BCUT2D eigenvalue weighted by Gasteiger charge is -2.30. The lowest BCUT2D eigenvalue weighted by molar-refractivity contribution is -0.0757. The SMILES string of the molecule is COc1ccc(Cl)cc1C(CC(C)C)NCC(O)C1(O)CCOC1. The van der Waals surface area contributed by atoms with E-state index in [1.807, 2.05) is 12.1 Å². The van der Waals surface area contributed by atoms with Crippen LogP contribution in [0.2, 0.25) is 5.02 Å². The average Bonchev–Trinajstić information content (AvgIpc) is 2.98. The average molecular weight is 358 g/mol. The van der Waals surface area contributed by atoms with Gasteiger partial charge in [0.25, 0.3) is 0 Å². The van der Waals surface area contributed by atoms with Gasteiger partial charge in [-0.3, -0.25) is 0 Å². The molecule has 0 saturated carbocycles. The molecule has 1 aliphatic heterocycles. The summed E-state index contributed by atoms with van der Waals surface area (Å²) in [6.07, 6.45) is 0.420. The van der Waals surface area contributed by atoms with E-state index in [0.29, 0.717) is 24.0 Å². The van der Waals surface area contributed by atoms with E-state index >= 15 is 0 Å². The first-order valence-electron chi connectivity index (χ1n) is 8.40. The maximum absolute atomic E-state index is 10.4. The molecule has 6 heteroatoms. The molecule has 1 aromatic rings. The molecule has 3 N–H and O–H groups in total. The van der Waals surface area contributed by atoms with Gasteiger partial charge in [-0.2, -0.15) is 0 Å². The van der Waals surface area contributed by atoms with Crippen molar-refractivity contribution in [2.45, 2.75) is 44.4 Å². The summed E-state index contributed by atoms with van der Waals surface area (Å²) in [7, 11) is 1.63. The molecule has 0 aliphatic carbocycles. The molecule has 0 amide bonds. The van der Waals surface area contributed by atoms with E-state index < -0.39 is 11.7 Å². The van der Waals surface area contributed by atoms with Crippen molar-refractivity contribution in [1.29, 1.82) is 0 Å². The molecule has 0 spiro atoms. The van der Waals surface area contributed by atoms with Crippen molar-refractivity contribution in [3.05, 3.63) is 28.8 Å². The van der Waals surface area contributed by atoms with E-state index in [4.69, 9.17) is 21.1 Å². The van der Waals surface area contributed by atoms with Gasteiger partial charge < -0.3 is 25.0 Å². The van der Waals surface area contributed by atoms with Gasteiger partial charge in [0.1, 0.15) is 11.4 Å². The monoisotopic (exact) mass is 357 g/mol. The molecular formula is C18H28ClNO4. The van der Waals surface area contributed by atoms with Crippen molar-refractivity contribution in [1.82, 2.24) is 5.32 Å². The summed E-state index contributed by atoms with van der Waals surface area (Å²) >= 11 is 6.15. The van der Waals surface area contributed by atoms with Gasteiger partial charge in [-0.05, 0) is 30.5 Å². The summed E-state index contributed by atoms with van der Waals surface area (Å²) in [5.41, 5.74) is -0.214. The Morgan fingerprint density at radius 1 is 1.42 bits per heavy atom. The molecule has 0 bridgehead atoms. The molecule has 1 aromatic carbocycles. The second-order valence-corrected chi connectivity index (χ2v) is 7.34. The molecule has 1 fully saturated rings. The van der Waals surface area contributed by atoms with Crippen molar-refractivity contribution in [3.63, 3.8) is 0 Å². The summed E-state index contributed by atoms with van der Waals surface area (Å²) < 4.78 is 10.7. The van der Waals surface area contributed by atoms with Gasteiger partial charge in [0.05, 0.1) is 19.8 Å². The quantitative estimate of drug-likeness (QED) is 0.667. The van der Waals surface area contributed by atoms with Gasteiger partial charge in [-0.25, -0.2) is 0 Å². The Morgan fingerprint density at radius 3 is 2.75 bits per heavy atom. The van der Waals surface area contributed by atoms with Crippen LogP contribution in [0.5, 0.6) is 5.75 Å². The Hall–Kier alpha value is -0.850. The fraction of sp³-hybridized carbons (Fsp3) is 0.667. The highest BCUT2D eigenvalue weighted by Crippen LogP contribution is 2.32. The first-order chi connectivity index (χ1) is 11.4. The van der Waals surface area contributed by atoms with Crippen LogP contribution in [-0.4, -0.2) is 48.8 Å². The van der Waals surface area contributed by atoms with E-state index in [1.165, 1.54) is 0 Å². The van der Waals surface area contributed by atoms with E-state index in [-0.39, 0.29) is 19.2 Å². The van der Waals surface area contributed by atoms with Gasteiger partial charge >= 0.3 is 0 Å². The van der Waals surface area contributed by atoms with Gasteiger partial charge in [-0.15, -0.1) is 0 Å². The molecule has 1 heterocycles. The smallest absolute Gasteiger partial charge is 0.123 e. The van der Waals surface area contributed by atoms with Crippen molar-refractivity contribution >= 4 is 11.6 Å². The maximum atomic E-state index is 10.4. The predicted molar refractivity (Wildman–Crippen MR) is 94.6 cm³/mol. The Bertz CT molecular complexity index is 532. The van der Waals surface area contributed by atoms with Crippen LogP contribution >= 0.6 is 11.6 Å². The minimum absolute atomic E-state index is 0.0285. The number of hydrogen-bond donors (Lipinski definition) is 3. The molecule has 2 rings (SSSR count). The third kappa shape index (κ3) is 4.83. The standard InChI is InChI=1S/C18H28ClNO4/c1-12(2)8-15(14-9-13(19)4-5-16(14)23-3)20-10-17(21)18(22)6-7-24-11-18/h4-5,9,12,15,17,20-22H,6-8,10-11H2,1-3H3. The van der Waals surface area contributed by atoms with Crippen LogP contribution in [0, 0.1) is 5.92 Å². The maximum Gasteiger partial charge on any atom is 0.123 e. The second kappa shape index (κ2) is 8.50.